The van der Waals surface area contributed by atoms with E-state index in [0.717, 1.165) is 19.0 Å². The van der Waals surface area contributed by atoms with Crippen molar-refractivity contribution in [2.45, 2.75) is 52.0 Å². The summed E-state index contributed by atoms with van der Waals surface area (Å²) in [6.07, 6.45) is 6.25. The lowest BCUT2D eigenvalue weighted by molar-refractivity contribution is -0.132. The van der Waals surface area contributed by atoms with Crippen molar-refractivity contribution >= 4 is 5.91 Å². The van der Waals surface area contributed by atoms with Crippen LogP contribution in [0.1, 0.15) is 46.0 Å². The number of rotatable bonds is 4. The Bertz CT molecular complexity index is 218. The average molecular weight is 226 g/mol. The molecular weight excluding hydrogens is 200 g/mol. The number of carbonyl (C=O) groups is 1. The molecule has 3 heteroatoms. The molecular formula is C13H26N2O. The summed E-state index contributed by atoms with van der Waals surface area (Å²) >= 11 is 0. The molecule has 1 aliphatic heterocycles. The van der Waals surface area contributed by atoms with Gasteiger partial charge >= 0.3 is 0 Å². The van der Waals surface area contributed by atoms with Crippen molar-refractivity contribution in [3.63, 3.8) is 0 Å². The zero-order valence-electron chi connectivity index (χ0n) is 11.0. The Labute approximate surface area is 99.6 Å². The smallest absolute Gasteiger partial charge is 0.239 e. The molecule has 0 radical (unpaired) electrons. The van der Waals surface area contributed by atoms with Gasteiger partial charge in [-0.1, -0.05) is 19.8 Å². The molecule has 1 fully saturated rings. The lowest BCUT2D eigenvalue weighted by atomic mass is 9.96. The summed E-state index contributed by atoms with van der Waals surface area (Å²) in [7, 11) is 1.85. The van der Waals surface area contributed by atoms with Crippen LogP contribution >= 0.6 is 0 Å². The molecule has 1 amide bonds. The number of nitrogens with zero attached hydrogens (tertiary/aromatic N) is 1. The maximum absolute atomic E-state index is 12.0. The monoisotopic (exact) mass is 226 g/mol. The highest BCUT2D eigenvalue weighted by atomic mass is 16.2. The van der Waals surface area contributed by atoms with E-state index in [4.69, 9.17) is 0 Å². The minimum Gasteiger partial charge on any atom is -0.341 e. The molecule has 0 spiro atoms. The van der Waals surface area contributed by atoms with Gasteiger partial charge in [0.2, 0.25) is 5.91 Å². The summed E-state index contributed by atoms with van der Waals surface area (Å²) in [5.41, 5.74) is 0. The van der Waals surface area contributed by atoms with Gasteiger partial charge in [0.15, 0.2) is 0 Å². The third-order valence-corrected chi connectivity index (χ3v) is 3.66. The molecule has 2 unspecified atom stereocenters. The Morgan fingerprint density at radius 1 is 1.44 bits per heavy atom. The van der Waals surface area contributed by atoms with Gasteiger partial charge in [-0.2, -0.15) is 0 Å². The number of amides is 1. The second-order valence-electron chi connectivity index (χ2n) is 4.92. The molecule has 0 aromatic rings. The fourth-order valence-electron chi connectivity index (χ4n) is 2.48. The molecule has 1 rings (SSSR count). The average Bonchev–Trinajstić information content (AvgIpc) is 2.53. The molecule has 0 bridgehead atoms. The van der Waals surface area contributed by atoms with Gasteiger partial charge < -0.3 is 10.2 Å². The number of hydrogen-bond acceptors (Lipinski definition) is 2. The Hall–Kier alpha value is -0.570. The maximum atomic E-state index is 12.0. The number of likely N-dealkylation sites (tertiary alicyclic amines) is 1. The SMILES string of the molecule is CCCC1CCCN(C(=O)C(C)NC)CC1. The van der Waals surface area contributed by atoms with Gasteiger partial charge in [0.1, 0.15) is 0 Å². The van der Waals surface area contributed by atoms with Crippen LogP contribution in [0.2, 0.25) is 0 Å². The highest BCUT2D eigenvalue weighted by molar-refractivity contribution is 5.81. The van der Waals surface area contributed by atoms with E-state index in [1.165, 1.54) is 32.1 Å². The molecule has 1 heterocycles. The number of nitrogens with one attached hydrogen (secondary N) is 1. The quantitative estimate of drug-likeness (QED) is 0.795. The summed E-state index contributed by atoms with van der Waals surface area (Å²) in [5, 5.41) is 3.03. The van der Waals surface area contributed by atoms with E-state index < -0.39 is 0 Å². The third-order valence-electron chi connectivity index (χ3n) is 3.66. The topological polar surface area (TPSA) is 32.3 Å². The van der Waals surface area contributed by atoms with Crippen LogP contribution in [0, 0.1) is 5.92 Å². The van der Waals surface area contributed by atoms with Crippen LogP contribution in [0.3, 0.4) is 0 Å². The summed E-state index contributed by atoms with van der Waals surface area (Å²) in [4.78, 5) is 14.0. The normalized spacial score (nSPS) is 23.9. The van der Waals surface area contributed by atoms with Crippen molar-refractivity contribution in [1.82, 2.24) is 10.2 Å². The van der Waals surface area contributed by atoms with Gasteiger partial charge in [0.05, 0.1) is 6.04 Å². The molecule has 0 aromatic heterocycles. The van der Waals surface area contributed by atoms with Crippen LogP contribution in [-0.4, -0.2) is 37.0 Å². The second kappa shape index (κ2) is 6.89. The standard InChI is InChI=1S/C13H26N2O/c1-4-6-12-7-5-9-15(10-8-12)13(16)11(2)14-3/h11-12,14H,4-10H2,1-3H3. The summed E-state index contributed by atoms with van der Waals surface area (Å²) in [5.74, 6) is 1.10. The van der Waals surface area contributed by atoms with Crippen LogP contribution in [0.25, 0.3) is 0 Å². The van der Waals surface area contributed by atoms with E-state index in [0.29, 0.717) is 0 Å². The van der Waals surface area contributed by atoms with Gasteiger partial charge in [-0.15, -0.1) is 0 Å². The van der Waals surface area contributed by atoms with Crippen molar-refractivity contribution in [3.8, 4) is 0 Å². The Balaban J connectivity index is 2.43. The lowest BCUT2D eigenvalue weighted by Crippen LogP contribution is -2.44. The van der Waals surface area contributed by atoms with Gasteiger partial charge in [0.25, 0.3) is 0 Å². The van der Waals surface area contributed by atoms with E-state index >= 15 is 0 Å². The van der Waals surface area contributed by atoms with Crippen molar-refractivity contribution in [2.24, 2.45) is 5.92 Å². The lowest BCUT2D eigenvalue weighted by Gasteiger charge is -2.24. The number of carbonyl (C=O) groups excluding carboxylic acids is 1. The molecule has 0 saturated carbocycles. The van der Waals surface area contributed by atoms with E-state index in [-0.39, 0.29) is 11.9 Å². The Morgan fingerprint density at radius 2 is 2.19 bits per heavy atom. The van der Waals surface area contributed by atoms with E-state index in [1.807, 2.05) is 18.9 Å². The molecule has 1 N–H and O–H groups in total. The first-order valence-electron chi connectivity index (χ1n) is 6.65. The highest BCUT2D eigenvalue weighted by Crippen LogP contribution is 2.22. The number of hydrogen-bond donors (Lipinski definition) is 1. The van der Waals surface area contributed by atoms with Crippen LogP contribution < -0.4 is 5.32 Å². The molecule has 1 saturated heterocycles. The van der Waals surface area contributed by atoms with Crippen LogP contribution in [0.4, 0.5) is 0 Å². The van der Waals surface area contributed by atoms with Gasteiger partial charge in [-0.05, 0) is 39.2 Å². The van der Waals surface area contributed by atoms with Crippen molar-refractivity contribution < 1.29 is 4.79 Å². The molecule has 94 valence electrons. The van der Waals surface area contributed by atoms with E-state index in [1.54, 1.807) is 0 Å². The fraction of sp³-hybridized carbons (Fsp3) is 0.923. The molecule has 2 atom stereocenters. The van der Waals surface area contributed by atoms with Crippen molar-refractivity contribution in [3.05, 3.63) is 0 Å². The first-order chi connectivity index (χ1) is 7.69. The van der Waals surface area contributed by atoms with E-state index in [9.17, 15) is 4.79 Å². The molecule has 0 aliphatic carbocycles. The maximum Gasteiger partial charge on any atom is 0.239 e. The minimum atomic E-state index is -0.0391. The first-order valence-corrected chi connectivity index (χ1v) is 6.65. The van der Waals surface area contributed by atoms with E-state index in [2.05, 4.69) is 12.2 Å². The zero-order valence-corrected chi connectivity index (χ0v) is 11.0. The minimum absolute atomic E-state index is 0.0391. The fourth-order valence-corrected chi connectivity index (χ4v) is 2.48. The van der Waals surface area contributed by atoms with Gasteiger partial charge in [0, 0.05) is 13.1 Å². The van der Waals surface area contributed by atoms with Crippen molar-refractivity contribution in [1.29, 1.82) is 0 Å². The second-order valence-corrected chi connectivity index (χ2v) is 4.92. The van der Waals surface area contributed by atoms with Crippen LogP contribution in [-0.2, 0) is 4.79 Å². The zero-order chi connectivity index (χ0) is 12.0. The predicted octanol–water partition coefficient (Wildman–Crippen LogP) is 2.02. The van der Waals surface area contributed by atoms with Gasteiger partial charge in [-0.25, -0.2) is 0 Å². The molecule has 3 nitrogen and oxygen atoms in total. The Kier molecular flexibility index (Phi) is 5.81. The van der Waals surface area contributed by atoms with Crippen LogP contribution in [0.5, 0.6) is 0 Å². The molecule has 0 aromatic carbocycles. The van der Waals surface area contributed by atoms with Crippen LogP contribution in [0.15, 0.2) is 0 Å². The predicted molar refractivity (Wildman–Crippen MR) is 67.4 cm³/mol. The first kappa shape index (κ1) is 13.5. The van der Waals surface area contributed by atoms with Gasteiger partial charge in [-0.3, -0.25) is 4.79 Å². The Morgan fingerprint density at radius 3 is 2.81 bits per heavy atom. The highest BCUT2D eigenvalue weighted by Gasteiger charge is 2.22. The molecule has 16 heavy (non-hydrogen) atoms. The summed E-state index contributed by atoms with van der Waals surface area (Å²) < 4.78 is 0. The summed E-state index contributed by atoms with van der Waals surface area (Å²) in [6.45, 7) is 6.09. The molecule has 1 aliphatic rings. The summed E-state index contributed by atoms with van der Waals surface area (Å²) in [6, 6.07) is -0.0391. The largest absolute Gasteiger partial charge is 0.341 e. The third kappa shape index (κ3) is 3.78. The number of likely N-dealkylation sites (N-methyl/N-ethyl adjacent to an activating group) is 1. The van der Waals surface area contributed by atoms with Crippen molar-refractivity contribution in [2.75, 3.05) is 20.1 Å².